The number of alkyl halides is 1. The van der Waals surface area contributed by atoms with E-state index in [1.165, 1.54) is 12.1 Å². The fourth-order valence-electron chi connectivity index (χ4n) is 1.13. The SMILES string of the molecule is CN(C)CC(Cl)c1cccc(F)c1. The molecule has 0 aliphatic rings. The normalized spacial score (nSPS) is 13.3. The van der Waals surface area contributed by atoms with Gasteiger partial charge in [-0.25, -0.2) is 4.39 Å². The first-order chi connectivity index (χ1) is 6.09. The molecule has 72 valence electrons. The lowest BCUT2D eigenvalue weighted by atomic mass is 10.1. The second-order valence-corrected chi connectivity index (χ2v) is 3.81. The van der Waals surface area contributed by atoms with Gasteiger partial charge in [-0.15, -0.1) is 11.6 Å². The molecule has 1 aromatic carbocycles. The first-order valence-electron chi connectivity index (χ1n) is 4.14. The first kappa shape index (κ1) is 10.5. The monoisotopic (exact) mass is 201 g/mol. The van der Waals surface area contributed by atoms with Crippen LogP contribution in [0.1, 0.15) is 10.9 Å². The average Bonchev–Trinajstić information content (AvgIpc) is 2.03. The van der Waals surface area contributed by atoms with Gasteiger partial charge in [0.1, 0.15) is 5.82 Å². The molecule has 1 rings (SSSR count). The largest absolute Gasteiger partial charge is 0.308 e. The summed E-state index contributed by atoms with van der Waals surface area (Å²) < 4.78 is 12.8. The van der Waals surface area contributed by atoms with Gasteiger partial charge in [-0.3, -0.25) is 0 Å². The zero-order valence-electron chi connectivity index (χ0n) is 7.80. The van der Waals surface area contributed by atoms with Gasteiger partial charge in [-0.1, -0.05) is 12.1 Å². The van der Waals surface area contributed by atoms with Crippen molar-refractivity contribution >= 4 is 11.6 Å². The molecule has 1 aromatic rings. The van der Waals surface area contributed by atoms with Crippen molar-refractivity contribution in [3.05, 3.63) is 35.6 Å². The Morgan fingerprint density at radius 2 is 2.15 bits per heavy atom. The summed E-state index contributed by atoms with van der Waals surface area (Å²) in [4.78, 5) is 1.97. The zero-order chi connectivity index (χ0) is 9.84. The van der Waals surface area contributed by atoms with Crippen LogP contribution in [0.5, 0.6) is 0 Å². The van der Waals surface area contributed by atoms with Crippen LogP contribution in [0.3, 0.4) is 0 Å². The van der Waals surface area contributed by atoms with Gasteiger partial charge < -0.3 is 4.90 Å². The molecule has 0 radical (unpaired) electrons. The van der Waals surface area contributed by atoms with Crippen LogP contribution in [0.25, 0.3) is 0 Å². The van der Waals surface area contributed by atoms with Crippen molar-refractivity contribution in [2.75, 3.05) is 20.6 Å². The quantitative estimate of drug-likeness (QED) is 0.680. The van der Waals surface area contributed by atoms with E-state index < -0.39 is 0 Å². The van der Waals surface area contributed by atoms with Crippen molar-refractivity contribution in [1.29, 1.82) is 0 Å². The molecule has 1 atom stereocenters. The molecule has 0 saturated heterocycles. The fraction of sp³-hybridized carbons (Fsp3) is 0.400. The van der Waals surface area contributed by atoms with Gasteiger partial charge in [0.2, 0.25) is 0 Å². The summed E-state index contributed by atoms with van der Waals surface area (Å²) in [5.41, 5.74) is 0.829. The Bertz CT molecular complexity index is 275. The van der Waals surface area contributed by atoms with Crippen LogP contribution < -0.4 is 0 Å². The van der Waals surface area contributed by atoms with E-state index in [9.17, 15) is 4.39 Å². The molecule has 1 nitrogen and oxygen atoms in total. The Morgan fingerprint density at radius 1 is 1.46 bits per heavy atom. The Hall–Kier alpha value is -0.600. The molecule has 0 N–H and O–H groups in total. The minimum atomic E-state index is -0.234. The molecule has 0 aliphatic carbocycles. The Balaban J connectivity index is 2.71. The van der Waals surface area contributed by atoms with Crippen molar-refractivity contribution in [2.45, 2.75) is 5.38 Å². The number of hydrogen-bond donors (Lipinski definition) is 0. The van der Waals surface area contributed by atoms with Crippen LogP contribution in [-0.2, 0) is 0 Å². The average molecular weight is 202 g/mol. The molecule has 0 amide bonds. The molecule has 0 spiro atoms. The molecular formula is C10H13ClFN. The zero-order valence-corrected chi connectivity index (χ0v) is 8.55. The van der Waals surface area contributed by atoms with Crippen LogP contribution in [0.4, 0.5) is 4.39 Å². The van der Waals surface area contributed by atoms with E-state index >= 15 is 0 Å². The van der Waals surface area contributed by atoms with E-state index in [4.69, 9.17) is 11.6 Å². The molecule has 0 bridgehead atoms. The number of nitrogens with zero attached hydrogens (tertiary/aromatic N) is 1. The van der Waals surface area contributed by atoms with Gasteiger partial charge in [-0.2, -0.15) is 0 Å². The third kappa shape index (κ3) is 3.33. The summed E-state index contributed by atoms with van der Waals surface area (Å²) in [7, 11) is 3.88. The lowest BCUT2D eigenvalue weighted by molar-refractivity contribution is 0.407. The molecule has 0 saturated carbocycles. The second-order valence-electron chi connectivity index (χ2n) is 3.28. The van der Waals surface area contributed by atoms with Crippen LogP contribution in [0, 0.1) is 5.82 Å². The highest BCUT2D eigenvalue weighted by Gasteiger charge is 2.08. The van der Waals surface area contributed by atoms with Gasteiger partial charge in [0, 0.05) is 6.54 Å². The van der Waals surface area contributed by atoms with Gasteiger partial charge in [0.15, 0.2) is 0 Å². The molecule has 0 aromatic heterocycles. The molecular weight excluding hydrogens is 189 g/mol. The van der Waals surface area contributed by atoms with Crippen LogP contribution in [0.2, 0.25) is 0 Å². The fourth-order valence-corrected chi connectivity index (χ4v) is 1.54. The number of benzene rings is 1. The molecule has 0 aliphatic heterocycles. The molecule has 0 heterocycles. The maximum absolute atomic E-state index is 12.8. The van der Waals surface area contributed by atoms with Crippen molar-refractivity contribution < 1.29 is 4.39 Å². The summed E-state index contributed by atoms with van der Waals surface area (Å²) in [5.74, 6) is -0.234. The van der Waals surface area contributed by atoms with Crippen LogP contribution >= 0.6 is 11.6 Å². The third-order valence-electron chi connectivity index (χ3n) is 1.74. The van der Waals surface area contributed by atoms with Gasteiger partial charge >= 0.3 is 0 Å². The summed E-state index contributed by atoms with van der Waals surface area (Å²) in [6.45, 7) is 0.713. The van der Waals surface area contributed by atoms with Crippen molar-refractivity contribution in [3.63, 3.8) is 0 Å². The first-order valence-corrected chi connectivity index (χ1v) is 4.57. The highest BCUT2D eigenvalue weighted by Crippen LogP contribution is 2.21. The van der Waals surface area contributed by atoms with E-state index in [0.717, 1.165) is 5.56 Å². The number of hydrogen-bond acceptors (Lipinski definition) is 1. The topological polar surface area (TPSA) is 3.24 Å². The van der Waals surface area contributed by atoms with E-state index in [0.29, 0.717) is 6.54 Å². The number of rotatable bonds is 3. The lowest BCUT2D eigenvalue weighted by Gasteiger charge is -2.15. The number of likely N-dealkylation sites (N-methyl/N-ethyl adjacent to an activating group) is 1. The summed E-state index contributed by atoms with van der Waals surface area (Å²) in [5, 5.41) is -0.148. The van der Waals surface area contributed by atoms with E-state index in [-0.39, 0.29) is 11.2 Å². The summed E-state index contributed by atoms with van der Waals surface area (Å²) in [6.07, 6.45) is 0. The predicted octanol–water partition coefficient (Wildman–Crippen LogP) is 2.67. The summed E-state index contributed by atoms with van der Waals surface area (Å²) in [6, 6.07) is 6.41. The van der Waals surface area contributed by atoms with Crippen molar-refractivity contribution in [2.24, 2.45) is 0 Å². The van der Waals surface area contributed by atoms with Crippen LogP contribution in [-0.4, -0.2) is 25.5 Å². The second kappa shape index (κ2) is 4.58. The van der Waals surface area contributed by atoms with Gasteiger partial charge in [-0.05, 0) is 31.8 Å². The van der Waals surface area contributed by atoms with E-state index in [1.807, 2.05) is 25.1 Å². The molecule has 1 unspecified atom stereocenters. The maximum atomic E-state index is 12.8. The Morgan fingerprint density at radius 3 is 2.69 bits per heavy atom. The Kier molecular flexibility index (Phi) is 3.70. The molecule has 13 heavy (non-hydrogen) atoms. The van der Waals surface area contributed by atoms with E-state index in [1.54, 1.807) is 6.07 Å². The Labute approximate surface area is 83.1 Å². The van der Waals surface area contributed by atoms with Crippen LogP contribution in [0.15, 0.2) is 24.3 Å². The number of halogens is 2. The summed E-state index contributed by atoms with van der Waals surface area (Å²) >= 11 is 6.06. The third-order valence-corrected chi connectivity index (χ3v) is 2.13. The smallest absolute Gasteiger partial charge is 0.123 e. The standard InChI is InChI=1S/C10H13ClFN/c1-13(2)7-10(11)8-4-3-5-9(12)6-8/h3-6,10H,7H2,1-2H3. The van der Waals surface area contributed by atoms with E-state index in [2.05, 4.69) is 0 Å². The highest BCUT2D eigenvalue weighted by molar-refractivity contribution is 6.21. The highest BCUT2D eigenvalue weighted by atomic mass is 35.5. The van der Waals surface area contributed by atoms with Crippen molar-refractivity contribution in [3.8, 4) is 0 Å². The predicted molar refractivity (Wildman–Crippen MR) is 53.5 cm³/mol. The van der Waals surface area contributed by atoms with Crippen molar-refractivity contribution in [1.82, 2.24) is 4.90 Å². The minimum Gasteiger partial charge on any atom is -0.308 e. The van der Waals surface area contributed by atoms with Gasteiger partial charge in [0.05, 0.1) is 5.38 Å². The lowest BCUT2D eigenvalue weighted by Crippen LogP contribution is -2.17. The maximum Gasteiger partial charge on any atom is 0.123 e. The molecule has 3 heteroatoms. The van der Waals surface area contributed by atoms with Gasteiger partial charge in [0.25, 0.3) is 0 Å². The molecule has 0 fully saturated rings. The minimum absolute atomic E-state index is 0.148.